The van der Waals surface area contributed by atoms with Crippen LogP contribution in [0.4, 0.5) is 0 Å². The highest BCUT2D eigenvalue weighted by atomic mass is 32.2. The Hall–Kier alpha value is -2.91. The van der Waals surface area contributed by atoms with Gasteiger partial charge in [-0.3, -0.25) is 9.59 Å². The lowest BCUT2D eigenvalue weighted by molar-refractivity contribution is -0.139. The number of carbonyl (C=O) groups excluding carboxylic acids is 2. The lowest BCUT2D eigenvalue weighted by Crippen LogP contribution is -2.42. The molecule has 9 heteroatoms. The summed E-state index contributed by atoms with van der Waals surface area (Å²) in [5, 5.41) is 5.41. The van der Waals surface area contributed by atoms with Gasteiger partial charge in [0.2, 0.25) is 0 Å². The number of hydrogen-bond acceptors (Lipinski definition) is 6. The monoisotopic (exact) mass is 418 g/mol. The maximum Gasteiger partial charge on any atom is 0.309 e. The van der Waals surface area contributed by atoms with Gasteiger partial charge in [0.15, 0.2) is 9.84 Å². The van der Waals surface area contributed by atoms with Crippen LogP contribution in [0.25, 0.3) is 0 Å². The zero-order chi connectivity index (χ0) is 20.0. The third-order valence-electron chi connectivity index (χ3n) is 3.96. The van der Waals surface area contributed by atoms with Crippen LogP contribution in [0.2, 0.25) is 0 Å². The minimum Gasteiger partial charge on any atom is -0.468 e. The molecule has 0 aliphatic heterocycles. The second-order valence-electron chi connectivity index (χ2n) is 5.86. The molecule has 0 aliphatic rings. The molecule has 0 unspecified atom stereocenters. The molecule has 3 aromatic rings. The number of benzene rings is 1. The zero-order valence-electron chi connectivity index (χ0n) is 14.7. The Balaban J connectivity index is 1.65. The van der Waals surface area contributed by atoms with E-state index in [2.05, 4.69) is 10.6 Å². The van der Waals surface area contributed by atoms with E-state index in [1.807, 2.05) is 30.3 Å². The highest BCUT2D eigenvalue weighted by molar-refractivity contribution is 7.93. The number of sulfone groups is 1. The Bertz CT molecular complexity index is 1010. The van der Waals surface area contributed by atoms with Crippen molar-refractivity contribution >= 4 is 33.0 Å². The lowest BCUT2D eigenvalue weighted by atomic mass is 10.2. The minimum atomic E-state index is -3.78. The van der Waals surface area contributed by atoms with Gasteiger partial charge in [0.1, 0.15) is 15.2 Å². The molecule has 3 rings (SSSR count). The summed E-state index contributed by atoms with van der Waals surface area (Å²) in [5.74, 6) is -1.55. The van der Waals surface area contributed by atoms with Gasteiger partial charge in [-0.2, -0.15) is 0 Å². The van der Waals surface area contributed by atoms with Crippen LogP contribution in [-0.2, 0) is 26.0 Å². The van der Waals surface area contributed by atoms with Crippen molar-refractivity contribution < 1.29 is 22.4 Å². The van der Waals surface area contributed by atoms with E-state index in [0.717, 1.165) is 16.9 Å². The van der Waals surface area contributed by atoms with Gasteiger partial charge in [0.05, 0.1) is 6.26 Å². The lowest BCUT2D eigenvalue weighted by Gasteiger charge is -2.15. The molecular weight excluding hydrogens is 400 g/mol. The summed E-state index contributed by atoms with van der Waals surface area (Å²) >= 11 is 1.08. The van der Waals surface area contributed by atoms with Crippen molar-refractivity contribution in [3.8, 4) is 0 Å². The van der Waals surface area contributed by atoms with E-state index >= 15 is 0 Å². The average Bonchev–Trinajstić information content (AvgIpc) is 3.41. The van der Waals surface area contributed by atoms with Crippen LogP contribution in [0.1, 0.15) is 16.6 Å². The van der Waals surface area contributed by atoms with E-state index in [0.29, 0.717) is 0 Å². The van der Waals surface area contributed by atoms with Gasteiger partial charge in [-0.1, -0.05) is 36.4 Å². The van der Waals surface area contributed by atoms with Crippen LogP contribution in [0.15, 0.2) is 74.9 Å². The number of amides is 2. The van der Waals surface area contributed by atoms with E-state index in [4.69, 9.17) is 4.42 Å². The fourth-order valence-electron chi connectivity index (χ4n) is 2.53. The van der Waals surface area contributed by atoms with Gasteiger partial charge in [-0.15, -0.1) is 11.3 Å². The van der Waals surface area contributed by atoms with Crippen LogP contribution in [0, 0.1) is 0 Å². The molecule has 1 atom stereocenters. The first kappa shape index (κ1) is 19.8. The SMILES string of the molecule is O=C(NCc1ccccc1)C(=O)NC[C@H](c1ccco1)S(=O)(=O)c1cccs1. The summed E-state index contributed by atoms with van der Waals surface area (Å²) in [6.07, 6.45) is 1.36. The molecule has 2 heterocycles. The average molecular weight is 418 g/mol. The zero-order valence-corrected chi connectivity index (χ0v) is 16.3. The number of furan rings is 1. The van der Waals surface area contributed by atoms with Crippen molar-refractivity contribution in [2.24, 2.45) is 0 Å². The summed E-state index contributed by atoms with van der Waals surface area (Å²) in [4.78, 5) is 24.1. The quantitative estimate of drug-likeness (QED) is 0.573. The Morgan fingerprint density at radius 2 is 1.71 bits per heavy atom. The molecule has 28 heavy (non-hydrogen) atoms. The molecule has 2 aromatic heterocycles. The van der Waals surface area contributed by atoms with Crippen molar-refractivity contribution in [3.05, 3.63) is 77.6 Å². The maximum absolute atomic E-state index is 12.9. The van der Waals surface area contributed by atoms with Gasteiger partial charge < -0.3 is 15.1 Å². The second-order valence-corrected chi connectivity index (χ2v) is 9.16. The molecule has 2 amide bonds. The van der Waals surface area contributed by atoms with E-state index < -0.39 is 26.9 Å². The summed E-state index contributed by atoms with van der Waals surface area (Å²) in [5.41, 5.74) is 0.845. The molecule has 0 fully saturated rings. The molecule has 0 saturated carbocycles. The highest BCUT2D eigenvalue weighted by Crippen LogP contribution is 2.31. The van der Waals surface area contributed by atoms with Gasteiger partial charge >= 0.3 is 11.8 Å². The Labute approximate surface area is 166 Å². The molecule has 0 radical (unpaired) electrons. The van der Waals surface area contributed by atoms with E-state index in [9.17, 15) is 18.0 Å². The van der Waals surface area contributed by atoms with E-state index in [1.54, 1.807) is 17.5 Å². The summed E-state index contributed by atoms with van der Waals surface area (Å²) in [7, 11) is -3.78. The number of nitrogens with one attached hydrogen (secondary N) is 2. The smallest absolute Gasteiger partial charge is 0.309 e. The summed E-state index contributed by atoms with van der Waals surface area (Å²) in [6.45, 7) is -0.0897. The van der Waals surface area contributed by atoms with Crippen LogP contribution >= 0.6 is 11.3 Å². The fraction of sp³-hybridized carbons (Fsp3) is 0.158. The molecular formula is C19H18N2O5S2. The number of rotatable bonds is 7. The summed E-state index contributed by atoms with van der Waals surface area (Å²) in [6, 6.07) is 15.4. The van der Waals surface area contributed by atoms with Crippen molar-refractivity contribution in [2.45, 2.75) is 16.0 Å². The van der Waals surface area contributed by atoms with E-state index in [-0.39, 0.29) is 23.1 Å². The minimum absolute atomic E-state index is 0.164. The first-order valence-electron chi connectivity index (χ1n) is 8.39. The van der Waals surface area contributed by atoms with Gasteiger partial charge in [0.25, 0.3) is 0 Å². The molecule has 0 bridgehead atoms. The largest absolute Gasteiger partial charge is 0.468 e. The van der Waals surface area contributed by atoms with Crippen molar-refractivity contribution in [2.75, 3.05) is 6.54 Å². The predicted molar refractivity (Wildman–Crippen MR) is 104 cm³/mol. The number of hydrogen-bond donors (Lipinski definition) is 2. The van der Waals surface area contributed by atoms with Crippen LogP contribution in [0.3, 0.4) is 0 Å². The standard InChI is InChI=1S/C19H18N2O5S2/c22-18(20-12-14-6-2-1-3-7-14)19(23)21-13-16(15-8-4-10-26-15)28(24,25)17-9-5-11-27-17/h1-11,16H,12-13H2,(H,20,22)(H,21,23)/t16-/m1/s1. The van der Waals surface area contributed by atoms with Crippen LogP contribution < -0.4 is 10.6 Å². The maximum atomic E-state index is 12.9. The van der Waals surface area contributed by atoms with Gasteiger partial charge in [-0.25, -0.2) is 8.42 Å². The normalized spacial score (nSPS) is 12.3. The predicted octanol–water partition coefficient (Wildman–Crippen LogP) is 2.29. The van der Waals surface area contributed by atoms with Crippen molar-refractivity contribution in [3.63, 3.8) is 0 Å². The van der Waals surface area contributed by atoms with Crippen molar-refractivity contribution in [1.82, 2.24) is 10.6 Å². The van der Waals surface area contributed by atoms with Crippen LogP contribution in [0.5, 0.6) is 0 Å². The first-order chi connectivity index (χ1) is 13.5. The summed E-state index contributed by atoms with van der Waals surface area (Å²) < 4.78 is 31.2. The molecule has 1 aromatic carbocycles. The molecule has 7 nitrogen and oxygen atoms in total. The molecule has 2 N–H and O–H groups in total. The third-order valence-corrected chi connectivity index (χ3v) is 7.45. The van der Waals surface area contributed by atoms with Gasteiger partial charge in [0, 0.05) is 13.1 Å². The topological polar surface area (TPSA) is 105 Å². The fourth-order valence-corrected chi connectivity index (χ4v) is 5.32. The van der Waals surface area contributed by atoms with Gasteiger partial charge in [-0.05, 0) is 29.1 Å². The molecule has 0 saturated heterocycles. The highest BCUT2D eigenvalue weighted by Gasteiger charge is 2.33. The Morgan fingerprint density at radius 3 is 2.36 bits per heavy atom. The molecule has 146 valence electrons. The number of carbonyl (C=O) groups is 2. The molecule has 0 spiro atoms. The Morgan fingerprint density at radius 1 is 0.964 bits per heavy atom. The van der Waals surface area contributed by atoms with Crippen molar-refractivity contribution in [1.29, 1.82) is 0 Å². The Kier molecular flexibility index (Phi) is 6.27. The van der Waals surface area contributed by atoms with Crippen LogP contribution in [-0.4, -0.2) is 26.8 Å². The first-order valence-corrected chi connectivity index (χ1v) is 10.8. The number of thiophene rings is 1. The second kappa shape index (κ2) is 8.85. The van der Waals surface area contributed by atoms with E-state index in [1.165, 1.54) is 18.4 Å². The third kappa shape index (κ3) is 4.68. The molecule has 0 aliphatic carbocycles.